The molecule has 0 saturated carbocycles. The van der Waals surface area contributed by atoms with Crippen LogP contribution in [0.15, 0.2) is 42.5 Å². The Hall–Kier alpha value is -3.10. The maximum Gasteiger partial charge on any atom is 0.308 e. The number of benzene rings is 2. The molecule has 0 spiro atoms. The van der Waals surface area contributed by atoms with E-state index in [0.29, 0.717) is 45.6 Å². The lowest BCUT2D eigenvalue weighted by atomic mass is 9.83. The number of para-hydroxylation sites is 1. The molecule has 1 saturated heterocycles. The van der Waals surface area contributed by atoms with E-state index in [-0.39, 0.29) is 24.4 Å². The first kappa shape index (κ1) is 27.9. The average Bonchev–Trinajstić information content (AvgIpc) is 3.54. The summed E-state index contributed by atoms with van der Waals surface area (Å²) in [5, 5.41) is 10.5. The van der Waals surface area contributed by atoms with Crippen LogP contribution in [0.2, 0.25) is 0 Å². The Labute approximate surface area is 225 Å². The highest BCUT2D eigenvalue weighted by atomic mass is 16.5. The summed E-state index contributed by atoms with van der Waals surface area (Å²) >= 11 is 0. The number of nitrogens with two attached hydrogens (primary N) is 1. The number of aliphatic carboxylic acids is 1. The zero-order chi connectivity index (χ0) is 27.1. The lowest BCUT2D eigenvalue weighted by Crippen LogP contribution is -2.45. The molecule has 4 rings (SSSR count). The van der Waals surface area contributed by atoms with Gasteiger partial charge in [-0.1, -0.05) is 43.7 Å². The van der Waals surface area contributed by atoms with Gasteiger partial charge in [0.15, 0.2) is 0 Å². The number of aryl methyl sites for hydroxylation is 1. The van der Waals surface area contributed by atoms with Crippen molar-refractivity contribution < 1.29 is 24.2 Å². The molecule has 2 aliphatic heterocycles. The first-order valence-corrected chi connectivity index (χ1v) is 13.8. The number of ether oxygens (including phenoxy) is 2. The van der Waals surface area contributed by atoms with E-state index in [0.717, 1.165) is 47.5 Å². The molecule has 3 N–H and O–H groups in total. The quantitative estimate of drug-likeness (QED) is 0.415. The third-order valence-electron chi connectivity index (χ3n) is 7.95. The molecular formula is C30H41N3O5. The largest absolute Gasteiger partial charge is 0.496 e. The van der Waals surface area contributed by atoms with Gasteiger partial charge in [0.1, 0.15) is 11.5 Å². The van der Waals surface area contributed by atoms with Gasteiger partial charge in [-0.2, -0.15) is 0 Å². The average molecular weight is 524 g/mol. The monoisotopic (exact) mass is 523 g/mol. The van der Waals surface area contributed by atoms with Gasteiger partial charge in [0, 0.05) is 44.6 Å². The normalized spacial score (nSPS) is 20.7. The van der Waals surface area contributed by atoms with E-state index >= 15 is 0 Å². The highest BCUT2D eigenvalue weighted by Crippen LogP contribution is 2.41. The van der Waals surface area contributed by atoms with Crippen LogP contribution < -0.4 is 15.2 Å². The fourth-order valence-corrected chi connectivity index (χ4v) is 5.98. The number of likely N-dealkylation sites (tertiary alicyclic amines) is 1. The Morgan fingerprint density at radius 1 is 1.21 bits per heavy atom. The number of unbranched alkanes of at least 4 members (excludes halogenated alkanes) is 1. The van der Waals surface area contributed by atoms with Gasteiger partial charge in [0.05, 0.1) is 26.2 Å². The van der Waals surface area contributed by atoms with Crippen molar-refractivity contribution in [2.45, 2.75) is 51.0 Å². The minimum absolute atomic E-state index is 0.0123. The minimum atomic E-state index is -0.823. The maximum absolute atomic E-state index is 13.4. The molecule has 2 aromatic rings. The van der Waals surface area contributed by atoms with Crippen molar-refractivity contribution in [1.29, 1.82) is 0 Å². The molecule has 8 nitrogen and oxygen atoms in total. The van der Waals surface area contributed by atoms with E-state index in [4.69, 9.17) is 15.2 Å². The Kier molecular flexibility index (Phi) is 9.63. The number of fused-ring (bicyclic) bond motifs is 1. The Morgan fingerprint density at radius 3 is 2.76 bits per heavy atom. The summed E-state index contributed by atoms with van der Waals surface area (Å²) in [6.07, 6.45) is 4.02. The summed E-state index contributed by atoms with van der Waals surface area (Å²) in [7, 11) is 1.65. The number of amides is 1. The SMILES string of the molecule is CCCCN(CCN)C(=O)CN1C[C@H](c2ccc3c(c2)CCO3)[C@@H](C(=O)O)[C@@H]1CCc1ccccc1OC. The molecule has 206 valence electrons. The number of carboxylic acids is 1. The van der Waals surface area contributed by atoms with Gasteiger partial charge in [0.2, 0.25) is 5.91 Å². The van der Waals surface area contributed by atoms with E-state index in [1.54, 1.807) is 7.11 Å². The van der Waals surface area contributed by atoms with Gasteiger partial charge in [-0.15, -0.1) is 0 Å². The number of carboxylic acid groups (broad SMARTS) is 1. The molecule has 2 aromatic carbocycles. The van der Waals surface area contributed by atoms with Crippen molar-refractivity contribution in [2.75, 3.05) is 46.4 Å². The number of methoxy groups -OCH3 is 1. The number of nitrogens with zero attached hydrogens (tertiary/aromatic N) is 2. The van der Waals surface area contributed by atoms with Gasteiger partial charge < -0.3 is 25.2 Å². The molecule has 0 unspecified atom stereocenters. The van der Waals surface area contributed by atoms with Crippen LogP contribution >= 0.6 is 0 Å². The van der Waals surface area contributed by atoms with Gasteiger partial charge in [-0.3, -0.25) is 14.5 Å². The molecule has 1 amide bonds. The van der Waals surface area contributed by atoms with Crippen molar-refractivity contribution >= 4 is 11.9 Å². The van der Waals surface area contributed by atoms with E-state index in [9.17, 15) is 14.7 Å². The Bertz CT molecular complexity index is 1110. The van der Waals surface area contributed by atoms with E-state index < -0.39 is 11.9 Å². The van der Waals surface area contributed by atoms with Gasteiger partial charge in [-0.25, -0.2) is 0 Å². The predicted molar refractivity (Wildman–Crippen MR) is 147 cm³/mol. The smallest absolute Gasteiger partial charge is 0.308 e. The van der Waals surface area contributed by atoms with Crippen molar-refractivity contribution in [2.24, 2.45) is 11.7 Å². The standard InChI is InChI=1S/C30H41N3O5/c1-3-4-15-32(16-14-31)28(34)20-33-19-24(22-10-12-27-23(18-22)13-17-38-27)29(30(35)36)25(33)11-9-21-7-5-6-8-26(21)37-2/h5-8,10,12,18,24-25,29H,3-4,9,11,13-17,19-20,31H2,1-2H3,(H,35,36)/t24-,25+,29-/m1/s1. The molecule has 1 fully saturated rings. The number of carbonyl (C=O) groups excluding carboxylic acids is 1. The van der Waals surface area contributed by atoms with Gasteiger partial charge >= 0.3 is 5.97 Å². The fourth-order valence-electron chi connectivity index (χ4n) is 5.98. The van der Waals surface area contributed by atoms with Crippen LogP contribution in [0.3, 0.4) is 0 Å². The second kappa shape index (κ2) is 13.1. The predicted octanol–water partition coefficient (Wildman–Crippen LogP) is 3.32. The molecule has 0 bridgehead atoms. The van der Waals surface area contributed by atoms with Crippen LogP contribution in [0, 0.1) is 5.92 Å². The molecule has 38 heavy (non-hydrogen) atoms. The van der Waals surface area contributed by atoms with Gasteiger partial charge in [0.25, 0.3) is 0 Å². The number of carbonyl (C=O) groups is 2. The highest BCUT2D eigenvalue weighted by molar-refractivity contribution is 5.79. The van der Waals surface area contributed by atoms with Crippen LogP contribution in [0.4, 0.5) is 0 Å². The number of hydrogen-bond acceptors (Lipinski definition) is 6. The molecule has 8 heteroatoms. The van der Waals surface area contributed by atoms with E-state index in [2.05, 4.69) is 17.9 Å². The van der Waals surface area contributed by atoms with Crippen LogP contribution in [0.25, 0.3) is 0 Å². The number of rotatable bonds is 13. The third kappa shape index (κ3) is 6.30. The second-order valence-electron chi connectivity index (χ2n) is 10.3. The van der Waals surface area contributed by atoms with E-state index in [1.807, 2.05) is 41.3 Å². The maximum atomic E-state index is 13.4. The summed E-state index contributed by atoms with van der Waals surface area (Å²) in [6, 6.07) is 13.6. The zero-order valence-corrected chi connectivity index (χ0v) is 22.6. The van der Waals surface area contributed by atoms with Crippen molar-refractivity contribution in [3.8, 4) is 11.5 Å². The summed E-state index contributed by atoms with van der Waals surface area (Å²) in [5.74, 6) is 0.0226. The molecule has 0 aliphatic carbocycles. The molecule has 2 aliphatic rings. The molecule has 3 atom stereocenters. The van der Waals surface area contributed by atoms with Crippen LogP contribution in [0.5, 0.6) is 11.5 Å². The Balaban J connectivity index is 1.62. The topological polar surface area (TPSA) is 105 Å². The number of hydrogen-bond donors (Lipinski definition) is 2. The summed E-state index contributed by atoms with van der Waals surface area (Å²) in [5.41, 5.74) is 8.98. The summed E-state index contributed by atoms with van der Waals surface area (Å²) in [6.45, 7) is 5.05. The summed E-state index contributed by atoms with van der Waals surface area (Å²) < 4.78 is 11.2. The first-order valence-electron chi connectivity index (χ1n) is 13.8. The molecule has 2 heterocycles. The van der Waals surface area contributed by atoms with Crippen molar-refractivity contribution in [1.82, 2.24) is 9.80 Å². The minimum Gasteiger partial charge on any atom is -0.496 e. The Morgan fingerprint density at radius 2 is 2.03 bits per heavy atom. The van der Waals surface area contributed by atoms with Crippen LogP contribution in [0.1, 0.15) is 48.8 Å². The van der Waals surface area contributed by atoms with Crippen LogP contribution in [-0.2, 0) is 22.4 Å². The fraction of sp³-hybridized carbons (Fsp3) is 0.533. The molecule has 0 aromatic heterocycles. The highest BCUT2D eigenvalue weighted by Gasteiger charge is 2.47. The lowest BCUT2D eigenvalue weighted by molar-refractivity contribution is -0.143. The molecule has 0 radical (unpaired) electrons. The second-order valence-corrected chi connectivity index (χ2v) is 10.3. The van der Waals surface area contributed by atoms with Crippen LogP contribution in [-0.4, -0.2) is 79.3 Å². The lowest BCUT2D eigenvalue weighted by Gasteiger charge is -2.29. The summed E-state index contributed by atoms with van der Waals surface area (Å²) in [4.78, 5) is 30.1. The first-order chi connectivity index (χ1) is 18.5. The zero-order valence-electron chi connectivity index (χ0n) is 22.6. The molecular weight excluding hydrogens is 482 g/mol. The van der Waals surface area contributed by atoms with Crippen molar-refractivity contribution in [3.63, 3.8) is 0 Å². The van der Waals surface area contributed by atoms with E-state index in [1.165, 1.54) is 0 Å². The third-order valence-corrected chi connectivity index (χ3v) is 7.95. The van der Waals surface area contributed by atoms with Crippen molar-refractivity contribution in [3.05, 3.63) is 59.2 Å². The van der Waals surface area contributed by atoms with Gasteiger partial charge in [-0.05, 0) is 48.1 Å².